The zero-order valence-electron chi connectivity index (χ0n) is 12.7. The highest BCUT2D eigenvalue weighted by atomic mass is 35.5. The fraction of sp³-hybridized carbons (Fsp3) is 0.250. The van der Waals surface area contributed by atoms with E-state index < -0.39 is 0 Å². The summed E-state index contributed by atoms with van der Waals surface area (Å²) in [5.74, 6) is -0.0272. The van der Waals surface area contributed by atoms with Crippen molar-refractivity contribution in [1.29, 1.82) is 0 Å². The quantitative estimate of drug-likeness (QED) is 0.667. The van der Waals surface area contributed by atoms with Gasteiger partial charge in [0.2, 0.25) is 0 Å². The molecule has 0 spiro atoms. The number of nitrogens with zero attached hydrogens (tertiary/aromatic N) is 3. The Morgan fingerprint density at radius 1 is 0.810 bits per heavy atom. The van der Waals surface area contributed by atoms with Gasteiger partial charge in [-0.15, -0.1) is 4.57 Å². The van der Waals surface area contributed by atoms with E-state index in [1.165, 1.54) is 0 Å². The van der Waals surface area contributed by atoms with Crippen LogP contribution in [0, 0.1) is 0 Å². The van der Waals surface area contributed by atoms with E-state index in [0.717, 1.165) is 11.4 Å². The lowest BCUT2D eigenvalue weighted by Gasteiger charge is -2.12. The number of hydrogen-bond acceptors (Lipinski definition) is 3. The second kappa shape index (κ2) is 7.09. The molecule has 1 heterocycles. The Balaban J connectivity index is 0.00000220. The minimum atomic E-state index is -0.0272. The lowest BCUT2D eigenvalue weighted by atomic mass is 10.2. The molecule has 2 rings (SSSR count). The summed E-state index contributed by atoms with van der Waals surface area (Å²) in [6.45, 7) is 0. The lowest BCUT2D eigenvalue weighted by Crippen LogP contribution is -3.00. The van der Waals surface area contributed by atoms with Gasteiger partial charge in [0.05, 0.1) is 5.56 Å². The van der Waals surface area contributed by atoms with Crippen LogP contribution in [0.25, 0.3) is 0 Å². The molecule has 0 saturated carbocycles. The van der Waals surface area contributed by atoms with E-state index in [4.69, 9.17) is 0 Å². The standard InChI is InChI=1S/C16H20N3O.ClH/c1-17(2)14-7-5-13(6-8-14)16(20)19-11-9-15(10-12-19)18(3)4;/h5-12H,1-4H3;1H/q+1;/p-1. The summed E-state index contributed by atoms with van der Waals surface area (Å²) >= 11 is 0. The molecule has 112 valence electrons. The average molecular weight is 306 g/mol. The van der Waals surface area contributed by atoms with Gasteiger partial charge in [-0.2, -0.15) is 0 Å². The molecule has 0 aliphatic rings. The Morgan fingerprint density at radius 2 is 1.24 bits per heavy atom. The van der Waals surface area contributed by atoms with Crippen LogP contribution in [0.5, 0.6) is 0 Å². The zero-order valence-corrected chi connectivity index (χ0v) is 13.5. The molecular weight excluding hydrogens is 286 g/mol. The topological polar surface area (TPSA) is 27.4 Å². The van der Waals surface area contributed by atoms with Gasteiger partial charge >= 0.3 is 5.91 Å². The van der Waals surface area contributed by atoms with E-state index in [0.29, 0.717) is 5.56 Å². The molecule has 0 amide bonds. The lowest BCUT2D eigenvalue weighted by molar-refractivity contribution is -0.570. The number of halogens is 1. The highest BCUT2D eigenvalue weighted by Gasteiger charge is 2.17. The number of carbonyl (C=O) groups is 1. The van der Waals surface area contributed by atoms with Crippen molar-refractivity contribution in [2.75, 3.05) is 38.0 Å². The first kappa shape index (κ1) is 17.0. The van der Waals surface area contributed by atoms with Crippen LogP contribution in [-0.4, -0.2) is 34.1 Å². The molecule has 0 aliphatic carbocycles. The first-order valence-electron chi connectivity index (χ1n) is 6.50. The number of anilines is 2. The Morgan fingerprint density at radius 3 is 1.67 bits per heavy atom. The molecule has 21 heavy (non-hydrogen) atoms. The minimum absolute atomic E-state index is 0. The van der Waals surface area contributed by atoms with Crippen molar-refractivity contribution in [1.82, 2.24) is 0 Å². The highest BCUT2D eigenvalue weighted by Crippen LogP contribution is 2.12. The summed E-state index contributed by atoms with van der Waals surface area (Å²) in [5.41, 5.74) is 2.82. The molecule has 0 N–H and O–H groups in total. The maximum Gasteiger partial charge on any atom is 0.424 e. The fourth-order valence-corrected chi connectivity index (χ4v) is 1.90. The SMILES string of the molecule is CN(C)c1ccc(C(=O)[n+]2ccc(N(C)C)cc2)cc1.[Cl-]. The molecule has 0 radical (unpaired) electrons. The van der Waals surface area contributed by atoms with Crippen molar-refractivity contribution in [3.05, 3.63) is 54.4 Å². The molecule has 1 aromatic heterocycles. The molecule has 2 aromatic rings. The third-order valence-electron chi connectivity index (χ3n) is 3.19. The molecule has 0 atom stereocenters. The Bertz CT molecular complexity index is 538. The van der Waals surface area contributed by atoms with Crippen LogP contribution in [0.1, 0.15) is 10.4 Å². The first-order valence-corrected chi connectivity index (χ1v) is 6.50. The third-order valence-corrected chi connectivity index (χ3v) is 3.19. The van der Waals surface area contributed by atoms with Gasteiger partial charge in [-0.3, -0.25) is 0 Å². The average Bonchev–Trinajstić information content (AvgIpc) is 2.46. The van der Waals surface area contributed by atoms with Gasteiger partial charge in [0.15, 0.2) is 12.4 Å². The summed E-state index contributed by atoms with van der Waals surface area (Å²) in [5, 5.41) is 0. The van der Waals surface area contributed by atoms with E-state index in [9.17, 15) is 4.79 Å². The second-order valence-electron chi connectivity index (χ2n) is 5.10. The van der Waals surface area contributed by atoms with Crippen LogP contribution < -0.4 is 26.8 Å². The Kier molecular flexibility index (Phi) is 5.73. The second-order valence-corrected chi connectivity index (χ2v) is 5.10. The molecule has 0 aliphatic heterocycles. The molecule has 0 unspecified atom stereocenters. The van der Waals surface area contributed by atoms with E-state index in [1.807, 2.05) is 74.4 Å². The number of pyridine rings is 1. The van der Waals surface area contributed by atoms with Crippen molar-refractivity contribution in [3.8, 4) is 0 Å². The van der Waals surface area contributed by atoms with E-state index in [1.54, 1.807) is 17.0 Å². The van der Waals surface area contributed by atoms with Crippen LogP contribution in [0.15, 0.2) is 48.8 Å². The molecule has 4 nitrogen and oxygen atoms in total. The summed E-state index contributed by atoms with van der Waals surface area (Å²) in [6, 6.07) is 11.4. The van der Waals surface area contributed by atoms with Crippen LogP contribution in [0.2, 0.25) is 0 Å². The predicted octanol–water partition coefficient (Wildman–Crippen LogP) is -1.20. The molecule has 0 fully saturated rings. The minimum Gasteiger partial charge on any atom is -1.00 e. The van der Waals surface area contributed by atoms with Gasteiger partial charge in [0.25, 0.3) is 0 Å². The molecule has 0 bridgehead atoms. The van der Waals surface area contributed by atoms with Crippen molar-refractivity contribution < 1.29 is 21.8 Å². The maximum atomic E-state index is 12.3. The number of aromatic nitrogens is 1. The van der Waals surface area contributed by atoms with Crippen LogP contribution in [-0.2, 0) is 0 Å². The van der Waals surface area contributed by atoms with Crippen molar-refractivity contribution in [2.24, 2.45) is 0 Å². The summed E-state index contributed by atoms with van der Waals surface area (Å²) in [7, 11) is 7.90. The van der Waals surface area contributed by atoms with Gasteiger partial charge in [0.1, 0.15) is 0 Å². The van der Waals surface area contributed by atoms with Crippen molar-refractivity contribution in [2.45, 2.75) is 0 Å². The Labute approximate surface area is 132 Å². The summed E-state index contributed by atoms with van der Waals surface area (Å²) in [4.78, 5) is 16.4. The number of hydrogen-bond donors (Lipinski definition) is 0. The van der Waals surface area contributed by atoms with E-state index in [-0.39, 0.29) is 18.3 Å². The van der Waals surface area contributed by atoms with Gasteiger partial charge in [-0.25, -0.2) is 4.79 Å². The van der Waals surface area contributed by atoms with Crippen LogP contribution in [0.4, 0.5) is 11.4 Å². The summed E-state index contributed by atoms with van der Waals surface area (Å²) < 4.78 is 1.59. The molecule has 5 heteroatoms. The van der Waals surface area contributed by atoms with Gasteiger partial charge in [0, 0.05) is 51.7 Å². The molecule has 0 saturated heterocycles. The van der Waals surface area contributed by atoms with Crippen molar-refractivity contribution in [3.63, 3.8) is 0 Å². The van der Waals surface area contributed by atoms with Gasteiger partial charge < -0.3 is 22.2 Å². The Hall–Kier alpha value is -2.07. The van der Waals surface area contributed by atoms with E-state index >= 15 is 0 Å². The van der Waals surface area contributed by atoms with E-state index in [2.05, 4.69) is 0 Å². The number of benzene rings is 1. The molecule has 1 aromatic carbocycles. The predicted molar refractivity (Wildman–Crippen MR) is 81.5 cm³/mol. The largest absolute Gasteiger partial charge is 1.00 e. The van der Waals surface area contributed by atoms with Crippen molar-refractivity contribution >= 4 is 17.3 Å². The number of carbonyl (C=O) groups excluding carboxylic acids is 1. The van der Waals surface area contributed by atoms with Crippen LogP contribution >= 0.6 is 0 Å². The normalized spacial score (nSPS) is 9.71. The summed E-state index contributed by atoms with van der Waals surface area (Å²) in [6.07, 6.45) is 3.58. The fourth-order valence-electron chi connectivity index (χ4n) is 1.90. The first-order chi connectivity index (χ1) is 9.49. The third kappa shape index (κ3) is 3.95. The maximum absolute atomic E-state index is 12.3. The zero-order chi connectivity index (χ0) is 14.7. The van der Waals surface area contributed by atoms with Gasteiger partial charge in [-0.05, 0) is 24.3 Å². The van der Waals surface area contributed by atoms with Crippen LogP contribution in [0.3, 0.4) is 0 Å². The smallest absolute Gasteiger partial charge is 0.424 e. The van der Waals surface area contributed by atoms with Gasteiger partial charge in [-0.1, -0.05) is 0 Å². The highest BCUT2D eigenvalue weighted by molar-refractivity contribution is 5.87. The monoisotopic (exact) mass is 305 g/mol. The molecular formula is C16H20ClN3O. The number of rotatable bonds is 3.